The number of ether oxygens (including phenoxy) is 2. The molecule has 3 rings (SSSR count). The van der Waals surface area contributed by atoms with E-state index in [4.69, 9.17) is 0 Å². The van der Waals surface area contributed by atoms with Crippen molar-refractivity contribution in [3.05, 3.63) is 107 Å². The predicted octanol–water partition coefficient (Wildman–Crippen LogP) is 7.84. The van der Waals surface area contributed by atoms with Gasteiger partial charge in [0.25, 0.3) is 12.9 Å². The van der Waals surface area contributed by atoms with Gasteiger partial charge in [0.2, 0.25) is 0 Å². The summed E-state index contributed by atoms with van der Waals surface area (Å²) in [7, 11) is 0. The van der Waals surface area contributed by atoms with Crippen molar-refractivity contribution >= 4 is 25.1 Å². The van der Waals surface area contributed by atoms with Gasteiger partial charge < -0.3 is 9.47 Å². The van der Waals surface area contributed by atoms with Crippen LogP contribution in [-0.2, 0) is 9.59 Å². The summed E-state index contributed by atoms with van der Waals surface area (Å²) in [5.41, 5.74) is 4.83. The molecule has 0 aromatic heterocycles. The number of carbonyl (C=O) groups excluding carboxylic acids is 2. The first kappa shape index (κ1) is 30.1. The summed E-state index contributed by atoms with van der Waals surface area (Å²) < 4.78 is 9.21. The van der Waals surface area contributed by atoms with E-state index < -0.39 is 0 Å². The minimum Gasteiger partial charge on any atom is -0.429 e. The number of aryl methyl sites for hydroxylation is 2. The lowest BCUT2D eigenvalue weighted by Gasteiger charge is -1.96. The molecule has 0 atom stereocenters. The standard InChI is InChI=1S/C10H10O2.C10H12.C8H8O2.C2H6/c1-2-3-9-4-6-10(7-5-9)12-8-11;1-3-4-10-7-5-9(2)6-8-10;1-7-2-4-8(5-3-7)10-6-9;1-2/h2-8H,1H3;3-8H,1-2H3;2-6H,1H3;1-2H3/b3-2+;4-3+;;. The number of hydrogen-bond acceptors (Lipinski definition) is 4. The maximum atomic E-state index is 9.95. The molecule has 0 radical (unpaired) electrons. The smallest absolute Gasteiger partial charge is 0.298 e. The van der Waals surface area contributed by atoms with Crippen LogP contribution in [0.3, 0.4) is 0 Å². The van der Waals surface area contributed by atoms with Crippen LogP contribution in [0.5, 0.6) is 11.5 Å². The summed E-state index contributed by atoms with van der Waals surface area (Å²) >= 11 is 0. The molecule has 0 heterocycles. The molecule has 0 aliphatic rings. The number of rotatable bonds is 6. The van der Waals surface area contributed by atoms with Crippen molar-refractivity contribution in [1.29, 1.82) is 0 Å². The molecule has 3 aromatic carbocycles. The Bertz CT molecular complexity index is 968. The van der Waals surface area contributed by atoms with Crippen LogP contribution < -0.4 is 9.47 Å². The van der Waals surface area contributed by atoms with E-state index in [0.29, 0.717) is 24.4 Å². The Balaban J connectivity index is 0.000000465. The van der Waals surface area contributed by atoms with E-state index in [-0.39, 0.29) is 0 Å². The zero-order valence-electron chi connectivity index (χ0n) is 21.0. The van der Waals surface area contributed by atoms with Gasteiger partial charge in [-0.2, -0.15) is 0 Å². The summed E-state index contributed by atoms with van der Waals surface area (Å²) in [4.78, 5) is 19.8. The van der Waals surface area contributed by atoms with E-state index in [2.05, 4.69) is 46.7 Å². The molecular formula is C30H36O4. The third kappa shape index (κ3) is 14.2. The van der Waals surface area contributed by atoms with Crippen molar-refractivity contribution in [2.45, 2.75) is 41.5 Å². The van der Waals surface area contributed by atoms with Crippen molar-refractivity contribution in [2.24, 2.45) is 0 Å². The summed E-state index contributed by atoms with van der Waals surface area (Å²) in [6.45, 7) is 12.9. The zero-order chi connectivity index (χ0) is 25.6. The van der Waals surface area contributed by atoms with E-state index in [1.807, 2.05) is 77.1 Å². The molecule has 0 unspecified atom stereocenters. The van der Waals surface area contributed by atoms with Crippen molar-refractivity contribution in [1.82, 2.24) is 0 Å². The highest BCUT2D eigenvalue weighted by atomic mass is 16.5. The van der Waals surface area contributed by atoms with Gasteiger partial charge >= 0.3 is 0 Å². The molecule has 180 valence electrons. The lowest BCUT2D eigenvalue weighted by Crippen LogP contribution is -1.87. The summed E-state index contributed by atoms with van der Waals surface area (Å²) in [6, 6.07) is 23.0. The third-order valence-electron chi connectivity index (χ3n) is 4.07. The largest absolute Gasteiger partial charge is 0.429 e. The zero-order valence-corrected chi connectivity index (χ0v) is 21.0. The van der Waals surface area contributed by atoms with Gasteiger partial charge in [-0.15, -0.1) is 0 Å². The second-order valence-corrected chi connectivity index (χ2v) is 6.72. The van der Waals surface area contributed by atoms with E-state index in [9.17, 15) is 9.59 Å². The number of benzene rings is 3. The fourth-order valence-corrected chi connectivity index (χ4v) is 2.45. The molecule has 0 saturated carbocycles. The van der Waals surface area contributed by atoms with Gasteiger partial charge in [-0.05, 0) is 63.1 Å². The molecule has 0 fully saturated rings. The first-order chi connectivity index (χ1) is 16.5. The van der Waals surface area contributed by atoms with Gasteiger partial charge in [0.1, 0.15) is 11.5 Å². The molecule has 0 bridgehead atoms. The quantitative estimate of drug-likeness (QED) is 0.352. The second kappa shape index (κ2) is 19.7. The monoisotopic (exact) mass is 460 g/mol. The van der Waals surface area contributed by atoms with E-state index >= 15 is 0 Å². The average molecular weight is 461 g/mol. The summed E-state index contributed by atoms with van der Waals surface area (Å²) in [5.74, 6) is 1.15. The Morgan fingerprint density at radius 3 is 1.15 bits per heavy atom. The summed E-state index contributed by atoms with van der Waals surface area (Å²) in [6.07, 6.45) is 8.07. The molecule has 3 aromatic rings. The number of hydrogen-bond donors (Lipinski definition) is 0. The Morgan fingerprint density at radius 1 is 0.529 bits per heavy atom. The Hall–Kier alpha value is -3.92. The number of carbonyl (C=O) groups is 2. The van der Waals surface area contributed by atoms with Crippen LogP contribution >= 0.6 is 0 Å². The molecule has 4 nitrogen and oxygen atoms in total. The highest BCUT2D eigenvalue weighted by Crippen LogP contribution is 2.12. The van der Waals surface area contributed by atoms with Gasteiger partial charge in [-0.3, -0.25) is 9.59 Å². The molecule has 4 heteroatoms. The lowest BCUT2D eigenvalue weighted by atomic mass is 10.1. The predicted molar refractivity (Wildman–Crippen MR) is 143 cm³/mol. The van der Waals surface area contributed by atoms with Crippen molar-refractivity contribution in [3.8, 4) is 11.5 Å². The fraction of sp³-hybridized carbons (Fsp3) is 0.200. The maximum Gasteiger partial charge on any atom is 0.298 e. The lowest BCUT2D eigenvalue weighted by molar-refractivity contribution is -0.121. The summed E-state index contributed by atoms with van der Waals surface area (Å²) in [5, 5.41) is 0. The van der Waals surface area contributed by atoms with E-state index in [0.717, 1.165) is 11.1 Å². The Kier molecular flexibility index (Phi) is 17.5. The minimum atomic E-state index is 0.421. The van der Waals surface area contributed by atoms with Gasteiger partial charge in [0, 0.05) is 0 Å². The van der Waals surface area contributed by atoms with Crippen molar-refractivity contribution < 1.29 is 19.1 Å². The van der Waals surface area contributed by atoms with Gasteiger partial charge in [0.05, 0.1) is 0 Å². The molecule has 0 aliphatic carbocycles. The minimum absolute atomic E-state index is 0.421. The topological polar surface area (TPSA) is 52.6 Å². The van der Waals surface area contributed by atoms with Crippen LogP contribution in [0.4, 0.5) is 0 Å². The average Bonchev–Trinajstić information content (AvgIpc) is 2.86. The fourth-order valence-electron chi connectivity index (χ4n) is 2.45. The van der Waals surface area contributed by atoms with E-state index in [1.54, 1.807) is 24.3 Å². The SMILES string of the molecule is C/C=C/c1ccc(C)cc1.C/C=C/c1ccc(OC=O)cc1.CC.Cc1ccc(OC=O)cc1. The second-order valence-electron chi connectivity index (χ2n) is 6.72. The molecule has 34 heavy (non-hydrogen) atoms. The third-order valence-corrected chi connectivity index (χ3v) is 4.07. The van der Waals surface area contributed by atoms with Gasteiger partial charge in [0.15, 0.2) is 0 Å². The first-order valence-corrected chi connectivity index (χ1v) is 11.2. The normalized spacial score (nSPS) is 9.47. The van der Waals surface area contributed by atoms with Gasteiger partial charge in [-0.1, -0.05) is 97.8 Å². The molecule has 0 saturated heterocycles. The van der Waals surface area contributed by atoms with Crippen LogP contribution in [0.15, 0.2) is 84.9 Å². The van der Waals surface area contributed by atoms with Gasteiger partial charge in [-0.25, -0.2) is 0 Å². The highest BCUT2D eigenvalue weighted by Gasteiger charge is 1.90. The van der Waals surface area contributed by atoms with Crippen molar-refractivity contribution in [2.75, 3.05) is 0 Å². The van der Waals surface area contributed by atoms with Crippen LogP contribution in [0.2, 0.25) is 0 Å². The van der Waals surface area contributed by atoms with Crippen LogP contribution in [0, 0.1) is 13.8 Å². The molecule has 0 amide bonds. The van der Waals surface area contributed by atoms with Crippen molar-refractivity contribution in [3.63, 3.8) is 0 Å². The molecule has 0 N–H and O–H groups in total. The molecular weight excluding hydrogens is 424 g/mol. The van der Waals surface area contributed by atoms with Crippen LogP contribution in [0.1, 0.15) is 49.9 Å². The van der Waals surface area contributed by atoms with E-state index in [1.165, 1.54) is 11.1 Å². The maximum absolute atomic E-state index is 9.95. The Labute approximate surface area is 204 Å². The number of allylic oxidation sites excluding steroid dienone is 2. The Morgan fingerprint density at radius 2 is 0.824 bits per heavy atom. The molecule has 0 aliphatic heterocycles. The van der Waals surface area contributed by atoms with Crippen LogP contribution in [-0.4, -0.2) is 12.9 Å². The first-order valence-electron chi connectivity index (χ1n) is 11.2. The molecule has 0 spiro atoms. The highest BCUT2D eigenvalue weighted by molar-refractivity contribution is 5.52. The van der Waals surface area contributed by atoms with Crippen LogP contribution in [0.25, 0.3) is 12.2 Å².